The summed E-state index contributed by atoms with van der Waals surface area (Å²) in [5, 5.41) is 2.42. The normalized spacial score (nSPS) is 12.0. The molecule has 0 fully saturated rings. The molecule has 0 aliphatic heterocycles. The maximum atomic E-state index is 13.2. The molecule has 3 aromatic rings. The van der Waals surface area contributed by atoms with Crippen LogP contribution in [0.15, 0.2) is 65.6 Å². The third-order valence-electron chi connectivity index (χ3n) is 5.38. The van der Waals surface area contributed by atoms with Crippen LogP contribution in [0, 0.1) is 13.8 Å². The molecule has 2 N–H and O–H groups in total. The van der Waals surface area contributed by atoms with E-state index in [9.17, 15) is 26.4 Å². The minimum absolute atomic E-state index is 0.0363. The Morgan fingerprint density at radius 2 is 1.59 bits per heavy atom. The quantitative estimate of drug-likeness (QED) is 0.414. The zero-order chi connectivity index (χ0) is 25.3. The highest BCUT2D eigenvalue weighted by Crippen LogP contribution is 2.32. The minimum atomic E-state index is -4.55. The molecule has 0 unspecified atom stereocenters. The molecule has 0 aliphatic rings. The van der Waals surface area contributed by atoms with Crippen LogP contribution < -0.4 is 10.0 Å². The zero-order valence-electron chi connectivity index (χ0n) is 19.1. The zero-order valence-corrected chi connectivity index (χ0v) is 19.9. The number of sulfonamides is 1. The van der Waals surface area contributed by atoms with Crippen molar-refractivity contribution in [1.29, 1.82) is 0 Å². The molecule has 0 radical (unpaired) electrons. The van der Waals surface area contributed by atoms with Crippen molar-refractivity contribution in [2.75, 3.05) is 10.0 Å². The van der Waals surface area contributed by atoms with Crippen molar-refractivity contribution in [3.05, 3.63) is 88.5 Å². The number of nitrogens with one attached hydrogen (secondary N) is 2. The number of para-hydroxylation sites is 1. The number of aryl methyl sites for hydroxylation is 2. The number of alkyl halides is 3. The first-order valence-electron chi connectivity index (χ1n) is 10.5. The Bertz CT molecular complexity index is 1330. The van der Waals surface area contributed by atoms with E-state index in [1.165, 1.54) is 30.3 Å². The number of hydrogen-bond acceptors (Lipinski definition) is 3. The summed E-state index contributed by atoms with van der Waals surface area (Å²) in [6.07, 6.45) is -4.55. The lowest BCUT2D eigenvalue weighted by Crippen LogP contribution is -2.18. The third-order valence-corrected chi connectivity index (χ3v) is 6.72. The molecule has 0 saturated heterocycles. The molecule has 34 heavy (non-hydrogen) atoms. The van der Waals surface area contributed by atoms with Crippen LogP contribution in [-0.4, -0.2) is 14.3 Å². The van der Waals surface area contributed by atoms with E-state index in [2.05, 4.69) is 10.0 Å². The number of halogens is 3. The number of carbonyl (C=O) groups is 1. The number of hydrogen-bond donors (Lipinski definition) is 2. The minimum Gasteiger partial charge on any atom is -0.322 e. The monoisotopic (exact) mass is 490 g/mol. The van der Waals surface area contributed by atoms with Gasteiger partial charge < -0.3 is 5.32 Å². The molecule has 0 bridgehead atoms. The van der Waals surface area contributed by atoms with Crippen LogP contribution in [0.5, 0.6) is 0 Å². The Kier molecular flexibility index (Phi) is 7.07. The fourth-order valence-electron chi connectivity index (χ4n) is 3.49. The number of anilines is 2. The lowest BCUT2D eigenvalue weighted by atomic mass is 9.99. The summed E-state index contributed by atoms with van der Waals surface area (Å²) < 4.78 is 67.9. The van der Waals surface area contributed by atoms with Gasteiger partial charge in [-0.1, -0.05) is 44.2 Å². The summed E-state index contributed by atoms with van der Waals surface area (Å²) in [6, 6.07) is 13.8. The van der Waals surface area contributed by atoms with Gasteiger partial charge in [0.05, 0.1) is 16.1 Å². The van der Waals surface area contributed by atoms with Crippen LogP contribution >= 0.6 is 0 Å². The fourth-order valence-corrected chi connectivity index (χ4v) is 4.67. The summed E-state index contributed by atoms with van der Waals surface area (Å²) in [5.74, 6) is -0.642. The summed E-state index contributed by atoms with van der Waals surface area (Å²) in [7, 11) is -4.04. The summed E-state index contributed by atoms with van der Waals surface area (Å²) in [4.78, 5) is 12.7. The summed E-state index contributed by atoms with van der Waals surface area (Å²) >= 11 is 0. The van der Waals surface area contributed by atoms with Gasteiger partial charge in [-0.3, -0.25) is 9.52 Å². The maximum absolute atomic E-state index is 13.2. The van der Waals surface area contributed by atoms with Crippen molar-refractivity contribution in [1.82, 2.24) is 0 Å². The molecule has 5 nitrogen and oxygen atoms in total. The SMILES string of the molecule is Cc1ccc(S(=O)(=O)Nc2c(C)cccc2C(C)C)cc1C(=O)Nc1cccc(C(F)(F)F)c1. The van der Waals surface area contributed by atoms with Crippen LogP contribution in [0.4, 0.5) is 24.5 Å². The first-order chi connectivity index (χ1) is 15.8. The Morgan fingerprint density at radius 1 is 0.912 bits per heavy atom. The van der Waals surface area contributed by atoms with E-state index in [4.69, 9.17) is 0 Å². The second-order valence-electron chi connectivity index (χ2n) is 8.31. The Morgan fingerprint density at radius 3 is 2.24 bits per heavy atom. The average Bonchev–Trinajstić information content (AvgIpc) is 2.74. The van der Waals surface area contributed by atoms with E-state index in [0.717, 1.165) is 23.3 Å². The lowest BCUT2D eigenvalue weighted by molar-refractivity contribution is -0.137. The second-order valence-corrected chi connectivity index (χ2v) is 9.99. The van der Waals surface area contributed by atoms with Gasteiger partial charge in [-0.2, -0.15) is 13.2 Å². The molecular formula is C25H25F3N2O3S. The van der Waals surface area contributed by atoms with Crippen molar-refractivity contribution in [3.8, 4) is 0 Å². The second kappa shape index (κ2) is 9.50. The predicted molar refractivity (Wildman–Crippen MR) is 127 cm³/mol. The molecule has 9 heteroatoms. The largest absolute Gasteiger partial charge is 0.416 e. The highest BCUT2D eigenvalue weighted by molar-refractivity contribution is 7.92. The first kappa shape index (κ1) is 25.3. The van der Waals surface area contributed by atoms with Crippen molar-refractivity contribution < 1.29 is 26.4 Å². The molecule has 3 aromatic carbocycles. The van der Waals surface area contributed by atoms with Gasteiger partial charge >= 0.3 is 6.18 Å². The molecule has 3 rings (SSSR count). The molecule has 180 valence electrons. The lowest BCUT2D eigenvalue weighted by Gasteiger charge is -2.18. The summed E-state index contributed by atoms with van der Waals surface area (Å²) in [5.41, 5.74) is 1.63. The van der Waals surface area contributed by atoms with Crippen LogP contribution in [0.2, 0.25) is 0 Å². The molecule has 0 saturated carbocycles. The van der Waals surface area contributed by atoms with Gasteiger partial charge in [0.2, 0.25) is 0 Å². The van der Waals surface area contributed by atoms with Gasteiger partial charge in [-0.25, -0.2) is 8.42 Å². The highest BCUT2D eigenvalue weighted by Gasteiger charge is 2.30. The van der Waals surface area contributed by atoms with E-state index in [1.54, 1.807) is 19.9 Å². The van der Waals surface area contributed by atoms with E-state index >= 15 is 0 Å². The predicted octanol–water partition coefficient (Wildman–Crippen LogP) is 6.50. The molecule has 0 aliphatic carbocycles. The Balaban J connectivity index is 1.93. The van der Waals surface area contributed by atoms with Crippen molar-refractivity contribution >= 4 is 27.3 Å². The maximum Gasteiger partial charge on any atom is 0.416 e. The fraction of sp³-hybridized carbons (Fsp3) is 0.240. The van der Waals surface area contributed by atoms with Crippen molar-refractivity contribution in [3.63, 3.8) is 0 Å². The summed E-state index contributed by atoms with van der Waals surface area (Å²) in [6.45, 7) is 7.32. The third kappa shape index (κ3) is 5.59. The van der Waals surface area contributed by atoms with Gasteiger partial charge in [0.15, 0.2) is 0 Å². The molecule has 0 heterocycles. The van der Waals surface area contributed by atoms with Gasteiger partial charge in [0.25, 0.3) is 15.9 Å². The van der Waals surface area contributed by atoms with E-state index in [0.29, 0.717) is 11.3 Å². The van der Waals surface area contributed by atoms with Crippen LogP contribution in [0.25, 0.3) is 0 Å². The van der Waals surface area contributed by atoms with E-state index in [-0.39, 0.29) is 22.1 Å². The molecular weight excluding hydrogens is 465 g/mol. The molecule has 0 spiro atoms. The van der Waals surface area contributed by atoms with Gasteiger partial charge in [0.1, 0.15) is 0 Å². The van der Waals surface area contributed by atoms with Gasteiger partial charge in [-0.05, 0) is 66.8 Å². The van der Waals surface area contributed by atoms with Gasteiger partial charge in [-0.15, -0.1) is 0 Å². The Hall–Kier alpha value is -3.33. The molecule has 1 amide bonds. The van der Waals surface area contributed by atoms with E-state index < -0.39 is 27.7 Å². The van der Waals surface area contributed by atoms with Crippen molar-refractivity contribution in [2.24, 2.45) is 0 Å². The number of carbonyl (C=O) groups excluding carboxylic acids is 1. The van der Waals surface area contributed by atoms with E-state index in [1.807, 2.05) is 26.0 Å². The molecule has 0 aromatic heterocycles. The highest BCUT2D eigenvalue weighted by atomic mass is 32.2. The molecule has 0 atom stereocenters. The number of rotatable bonds is 6. The van der Waals surface area contributed by atoms with Crippen LogP contribution in [0.3, 0.4) is 0 Å². The van der Waals surface area contributed by atoms with Crippen LogP contribution in [-0.2, 0) is 16.2 Å². The number of amides is 1. The Labute approximate surface area is 197 Å². The van der Waals surface area contributed by atoms with Crippen LogP contribution in [0.1, 0.15) is 52.4 Å². The smallest absolute Gasteiger partial charge is 0.322 e. The topological polar surface area (TPSA) is 75.3 Å². The first-order valence-corrected chi connectivity index (χ1v) is 12.0. The average molecular weight is 491 g/mol. The van der Waals surface area contributed by atoms with Crippen molar-refractivity contribution in [2.45, 2.75) is 44.7 Å². The number of benzene rings is 3. The van der Waals surface area contributed by atoms with Gasteiger partial charge in [0, 0.05) is 11.3 Å². The standard InChI is InChI=1S/C25H25F3N2O3S/c1-15(2)21-10-5-7-17(4)23(21)30-34(32,33)20-12-11-16(3)22(14-20)24(31)29-19-9-6-8-18(13-19)25(26,27)28/h5-15,30H,1-4H3,(H,29,31).